The third-order valence-corrected chi connectivity index (χ3v) is 7.27. The maximum absolute atomic E-state index is 2.53. The molecule has 1 heterocycles. The number of hydrogen-bond acceptors (Lipinski definition) is 0. The van der Waals surface area contributed by atoms with Gasteiger partial charge in [0.05, 0.1) is 13.1 Å². The molecule has 0 atom stereocenters. The average Bonchev–Trinajstić information content (AvgIpc) is 3.23. The Hall–Kier alpha value is -1.57. The fourth-order valence-corrected chi connectivity index (χ4v) is 5.19. The van der Waals surface area contributed by atoms with Gasteiger partial charge in [0.1, 0.15) is 12.4 Å². The topological polar surface area (TPSA) is 8.81 Å². The summed E-state index contributed by atoms with van der Waals surface area (Å²) in [5, 5.41) is 0. The molecule has 192 valence electrons. The molecule has 2 nitrogen and oxygen atoms in total. The van der Waals surface area contributed by atoms with Gasteiger partial charge in [-0.05, 0) is 31.2 Å². The highest BCUT2D eigenvalue weighted by atomic mass is 15.1. The van der Waals surface area contributed by atoms with Gasteiger partial charge in [-0.3, -0.25) is 0 Å². The molecule has 0 amide bonds. The number of aryl methyl sites for hydroxylation is 3. The van der Waals surface area contributed by atoms with E-state index in [0.29, 0.717) is 0 Å². The minimum atomic E-state index is 1.14. The van der Waals surface area contributed by atoms with Gasteiger partial charge in [-0.2, -0.15) is 0 Å². The highest BCUT2D eigenvalue weighted by Gasteiger charge is 2.16. The maximum Gasteiger partial charge on any atom is 0.256 e. The Morgan fingerprint density at radius 3 is 1.71 bits per heavy atom. The van der Waals surface area contributed by atoms with Gasteiger partial charge in [-0.25, -0.2) is 9.13 Å². The Balaban J connectivity index is 1.53. The van der Waals surface area contributed by atoms with Gasteiger partial charge in [-0.1, -0.05) is 134 Å². The third-order valence-electron chi connectivity index (χ3n) is 7.27. The van der Waals surface area contributed by atoms with Crippen molar-refractivity contribution in [2.24, 2.45) is 0 Å². The summed E-state index contributed by atoms with van der Waals surface area (Å²) in [4.78, 5) is 0. The summed E-state index contributed by atoms with van der Waals surface area (Å²) >= 11 is 0. The second-order valence-corrected chi connectivity index (χ2v) is 10.4. The smallest absolute Gasteiger partial charge is 0.234 e. The van der Waals surface area contributed by atoms with E-state index >= 15 is 0 Å². The molecule has 0 fully saturated rings. The molecular formula is C32H55N2+. The van der Waals surface area contributed by atoms with Crippen LogP contribution in [0.3, 0.4) is 0 Å². The van der Waals surface area contributed by atoms with Gasteiger partial charge < -0.3 is 0 Å². The number of rotatable bonds is 22. The van der Waals surface area contributed by atoms with Gasteiger partial charge in [0.15, 0.2) is 0 Å². The van der Waals surface area contributed by atoms with Crippen molar-refractivity contribution in [2.75, 3.05) is 0 Å². The Kier molecular flexibility index (Phi) is 16.6. The first kappa shape index (κ1) is 28.7. The summed E-state index contributed by atoms with van der Waals surface area (Å²) in [5.74, 6) is 1.55. The van der Waals surface area contributed by atoms with Crippen LogP contribution in [-0.4, -0.2) is 4.57 Å². The Morgan fingerprint density at radius 2 is 1.15 bits per heavy atom. The predicted molar refractivity (Wildman–Crippen MR) is 148 cm³/mol. The van der Waals surface area contributed by atoms with Crippen molar-refractivity contribution in [3.05, 3.63) is 54.1 Å². The molecule has 2 rings (SSSR count). The number of nitrogens with zero attached hydrogens (tertiary/aromatic N) is 2. The van der Waals surface area contributed by atoms with Gasteiger partial charge >= 0.3 is 0 Å². The fourth-order valence-electron chi connectivity index (χ4n) is 5.19. The third kappa shape index (κ3) is 12.8. The summed E-state index contributed by atoms with van der Waals surface area (Å²) in [7, 11) is 0. The lowest BCUT2D eigenvalue weighted by molar-refractivity contribution is -0.704. The van der Waals surface area contributed by atoms with Crippen LogP contribution < -0.4 is 4.57 Å². The molecule has 0 aliphatic carbocycles. The second-order valence-electron chi connectivity index (χ2n) is 10.4. The van der Waals surface area contributed by atoms with E-state index < -0.39 is 0 Å². The molecule has 2 aromatic rings. The first-order valence-electron chi connectivity index (χ1n) is 15.0. The van der Waals surface area contributed by atoms with Crippen molar-refractivity contribution < 1.29 is 4.57 Å². The molecule has 0 aliphatic rings. The number of hydrogen-bond donors (Lipinski definition) is 0. The van der Waals surface area contributed by atoms with Crippen LogP contribution in [0.5, 0.6) is 0 Å². The molecule has 2 heteroatoms. The summed E-state index contributed by atoms with van der Waals surface area (Å²) in [6.07, 6.45) is 31.0. The highest BCUT2D eigenvalue weighted by Crippen LogP contribution is 2.14. The lowest BCUT2D eigenvalue weighted by Gasteiger charge is -2.06. The Morgan fingerprint density at radius 1 is 0.588 bits per heavy atom. The SMILES string of the molecule is CCCCCCCCCCCCCCCCCc1n(CCC)cc[n+]1CCCc1ccccc1. The highest BCUT2D eigenvalue weighted by molar-refractivity contribution is 5.14. The lowest BCUT2D eigenvalue weighted by Crippen LogP contribution is -2.37. The molecule has 1 aromatic heterocycles. The van der Waals surface area contributed by atoms with E-state index in [9.17, 15) is 0 Å². The predicted octanol–water partition coefficient (Wildman–Crippen LogP) is 9.23. The molecule has 34 heavy (non-hydrogen) atoms. The zero-order chi connectivity index (χ0) is 24.1. The van der Waals surface area contributed by atoms with E-state index in [0.717, 1.165) is 13.1 Å². The van der Waals surface area contributed by atoms with Crippen molar-refractivity contribution in [3.63, 3.8) is 0 Å². The molecule has 0 saturated carbocycles. The van der Waals surface area contributed by atoms with Crippen LogP contribution in [-0.2, 0) is 25.9 Å². The van der Waals surface area contributed by atoms with Crippen molar-refractivity contribution in [1.82, 2.24) is 4.57 Å². The Bertz CT molecular complexity index is 703. The van der Waals surface area contributed by atoms with E-state index in [1.165, 1.54) is 128 Å². The van der Waals surface area contributed by atoms with Crippen molar-refractivity contribution in [1.29, 1.82) is 0 Å². The monoisotopic (exact) mass is 467 g/mol. The zero-order valence-corrected chi connectivity index (χ0v) is 22.8. The molecule has 0 spiro atoms. The fraction of sp³-hybridized carbons (Fsp3) is 0.719. The number of aromatic nitrogens is 2. The minimum Gasteiger partial charge on any atom is -0.234 e. The van der Waals surface area contributed by atoms with Crippen LogP contribution in [0.25, 0.3) is 0 Å². The molecule has 0 bridgehead atoms. The van der Waals surface area contributed by atoms with Gasteiger partial charge in [0.2, 0.25) is 0 Å². The lowest BCUT2D eigenvalue weighted by atomic mass is 10.0. The van der Waals surface area contributed by atoms with Gasteiger partial charge in [-0.15, -0.1) is 0 Å². The van der Waals surface area contributed by atoms with Crippen LogP contribution in [0.1, 0.15) is 134 Å². The summed E-state index contributed by atoms with van der Waals surface area (Å²) in [6.45, 7) is 6.88. The number of unbranched alkanes of at least 4 members (excludes halogenated alkanes) is 14. The summed E-state index contributed by atoms with van der Waals surface area (Å²) < 4.78 is 5.04. The molecule has 0 unspecified atom stereocenters. The van der Waals surface area contributed by atoms with Gasteiger partial charge in [0.25, 0.3) is 5.82 Å². The zero-order valence-electron chi connectivity index (χ0n) is 22.8. The van der Waals surface area contributed by atoms with Crippen LogP contribution in [0, 0.1) is 0 Å². The Labute approximate surface area is 212 Å². The van der Waals surface area contributed by atoms with E-state index in [4.69, 9.17) is 0 Å². The van der Waals surface area contributed by atoms with Crippen molar-refractivity contribution in [3.8, 4) is 0 Å². The van der Waals surface area contributed by atoms with Crippen molar-refractivity contribution in [2.45, 2.75) is 149 Å². The van der Waals surface area contributed by atoms with Crippen LogP contribution in [0.15, 0.2) is 42.7 Å². The van der Waals surface area contributed by atoms with Crippen LogP contribution in [0.2, 0.25) is 0 Å². The summed E-state index contributed by atoms with van der Waals surface area (Å²) in [6, 6.07) is 10.9. The van der Waals surface area contributed by atoms with Gasteiger partial charge in [0, 0.05) is 6.42 Å². The first-order chi connectivity index (χ1) is 16.8. The van der Waals surface area contributed by atoms with Crippen molar-refractivity contribution >= 4 is 0 Å². The van der Waals surface area contributed by atoms with E-state index in [-0.39, 0.29) is 0 Å². The number of benzene rings is 1. The van der Waals surface area contributed by atoms with E-state index in [2.05, 4.69) is 65.7 Å². The van der Waals surface area contributed by atoms with E-state index in [1.807, 2.05) is 0 Å². The molecule has 0 N–H and O–H groups in total. The minimum absolute atomic E-state index is 1.14. The maximum atomic E-state index is 2.53. The molecule has 1 aromatic carbocycles. The second kappa shape index (κ2) is 19.7. The number of imidazole rings is 1. The average molecular weight is 468 g/mol. The standard InChI is InChI=1S/C32H55N2/c1-3-5-6-7-8-9-10-11-12-13-14-15-16-17-21-26-32-33(27-4-2)29-30-34(32)28-22-25-31-23-19-18-20-24-31/h18-20,23-24,29-30H,3-17,21-22,25-28H2,1-2H3/q+1. The molecule has 0 saturated heterocycles. The molecule has 0 aliphatic heterocycles. The largest absolute Gasteiger partial charge is 0.256 e. The first-order valence-corrected chi connectivity index (χ1v) is 15.0. The van der Waals surface area contributed by atoms with Crippen LogP contribution in [0.4, 0.5) is 0 Å². The molecule has 0 radical (unpaired) electrons. The normalized spacial score (nSPS) is 11.4. The van der Waals surface area contributed by atoms with Crippen LogP contribution >= 0.6 is 0 Å². The summed E-state index contributed by atoms with van der Waals surface area (Å²) in [5.41, 5.74) is 1.46. The molecular weight excluding hydrogens is 412 g/mol. The quantitative estimate of drug-likeness (QED) is 0.120. The van der Waals surface area contributed by atoms with E-state index in [1.54, 1.807) is 5.82 Å².